The first-order valence-corrected chi connectivity index (χ1v) is 9.51. The van der Waals surface area contributed by atoms with Crippen LogP contribution in [0.5, 0.6) is 0 Å². The van der Waals surface area contributed by atoms with Crippen molar-refractivity contribution < 1.29 is 0 Å². The molecule has 0 saturated carbocycles. The summed E-state index contributed by atoms with van der Waals surface area (Å²) in [5.74, 6) is 0. The number of nitrogens with two attached hydrogens (primary N) is 1. The molecule has 0 aromatic heterocycles. The van der Waals surface area contributed by atoms with Crippen molar-refractivity contribution in [3.05, 3.63) is 57.6 Å². The third kappa shape index (κ3) is 3.42. The lowest BCUT2D eigenvalue weighted by atomic mass is 10.1. The Morgan fingerprint density at radius 1 is 0.682 bits per heavy atom. The van der Waals surface area contributed by atoms with E-state index in [0.29, 0.717) is 0 Å². The highest BCUT2D eigenvalue weighted by Gasteiger charge is 2.21. The average Bonchev–Trinajstić information content (AvgIpc) is 2.36. The number of aryl methyl sites for hydroxylation is 6. The number of benzene rings is 2. The van der Waals surface area contributed by atoms with Crippen molar-refractivity contribution in [1.82, 2.24) is 0 Å². The molecule has 2 N–H and O–H groups in total. The standard InChI is InChI=1S/C20H28NP/c1-13-9-15(3)19(16(4)10-13)22(8-7-21)20-17(5)11-14(2)12-18(20)6/h9-12H,7-8,21H2,1-6H3. The predicted molar refractivity (Wildman–Crippen MR) is 101 cm³/mol. The summed E-state index contributed by atoms with van der Waals surface area (Å²) in [6.07, 6.45) is 1.06. The number of hydrogen-bond acceptors (Lipinski definition) is 1. The first-order chi connectivity index (χ1) is 10.3. The van der Waals surface area contributed by atoms with E-state index in [1.165, 1.54) is 44.0 Å². The molecule has 0 radical (unpaired) electrons. The second-order valence-electron chi connectivity index (χ2n) is 6.43. The maximum atomic E-state index is 5.98. The monoisotopic (exact) mass is 313 g/mol. The summed E-state index contributed by atoms with van der Waals surface area (Å²) in [6.45, 7) is 14.1. The van der Waals surface area contributed by atoms with Crippen LogP contribution in [-0.2, 0) is 0 Å². The van der Waals surface area contributed by atoms with Gasteiger partial charge in [-0.05, 0) is 95.0 Å². The molecule has 118 valence electrons. The molecular formula is C20H28NP. The van der Waals surface area contributed by atoms with E-state index in [2.05, 4.69) is 65.8 Å². The highest BCUT2D eigenvalue weighted by molar-refractivity contribution is 7.73. The van der Waals surface area contributed by atoms with Crippen LogP contribution in [0.15, 0.2) is 24.3 Å². The van der Waals surface area contributed by atoms with Gasteiger partial charge in [-0.15, -0.1) is 0 Å². The summed E-state index contributed by atoms with van der Waals surface area (Å²) < 4.78 is 0. The highest BCUT2D eigenvalue weighted by atomic mass is 31.1. The minimum atomic E-state index is -0.384. The fraction of sp³-hybridized carbons (Fsp3) is 0.400. The molecule has 2 heteroatoms. The lowest BCUT2D eigenvalue weighted by Crippen LogP contribution is -2.25. The van der Waals surface area contributed by atoms with Crippen LogP contribution in [0.1, 0.15) is 33.4 Å². The summed E-state index contributed by atoms with van der Waals surface area (Å²) in [5, 5.41) is 3.06. The van der Waals surface area contributed by atoms with Crippen LogP contribution in [0.3, 0.4) is 0 Å². The lowest BCUT2D eigenvalue weighted by Gasteiger charge is -2.26. The van der Waals surface area contributed by atoms with Crippen LogP contribution in [0.2, 0.25) is 0 Å². The van der Waals surface area contributed by atoms with E-state index in [0.717, 1.165) is 12.7 Å². The molecule has 0 fully saturated rings. The fourth-order valence-corrected chi connectivity index (χ4v) is 6.55. The largest absolute Gasteiger partial charge is 0.330 e. The summed E-state index contributed by atoms with van der Waals surface area (Å²) in [4.78, 5) is 0. The molecule has 2 aromatic rings. The van der Waals surface area contributed by atoms with Crippen molar-refractivity contribution in [2.24, 2.45) is 5.73 Å². The average molecular weight is 313 g/mol. The summed E-state index contributed by atoms with van der Waals surface area (Å²) in [6, 6.07) is 9.25. The zero-order valence-electron chi connectivity index (χ0n) is 14.7. The molecule has 0 amide bonds. The van der Waals surface area contributed by atoms with E-state index in [1.807, 2.05) is 0 Å². The van der Waals surface area contributed by atoms with E-state index in [-0.39, 0.29) is 7.92 Å². The van der Waals surface area contributed by atoms with E-state index in [4.69, 9.17) is 5.73 Å². The molecule has 0 bridgehead atoms. The van der Waals surface area contributed by atoms with Crippen LogP contribution >= 0.6 is 7.92 Å². The fourth-order valence-electron chi connectivity index (χ4n) is 3.66. The van der Waals surface area contributed by atoms with Crippen molar-refractivity contribution in [3.8, 4) is 0 Å². The lowest BCUT2D eigenvalue weighted by molar-refractivity contribution is 1.14. The van der Waals surface area contributed by atoms with Crippen molar-refractivity contribution in [3.63, 3.8) is 0 Å². The van der Waals surface area contributed by atoms with Gasteiger partial charge in [0.2, 0.25) is 0 Å². The molecular weight excluding hydrogens is 285 g/mol. The molecule has 0 saturated heterocycles. The Morgan fingerprint density at radius 3 is 1.27 bits per heavy atom. The molecule has 0 atom stereocenters. The Bertz CT molecular complexity index is 585. The number of rotatable bonds is 4. The maximum absolute atomic E-state index is 5.98. The van der Waals surface area contributed by atoms with Gasteiger partial charge in [0.15, 0.2) is 0 Å². The molecule has 0 aliphatic heterocycles. The molecule has 0 heterocycles. The van der Waals surface area contributed by atoms with Crippen LogP contribution in [-0.4, -0.2) is 12.7 Å². The van der Waals surface area contributed by atoms with E-state index in [1.54, 1.807) is 0 Å². The van der Waals surface area contributed by atoms with E-state index >= 15 is 0 Å². The topological polar surface area (TPSA) is 26.0 Å². The minimum absolute atomic E-state index is 0.384. The second kappa shape index (κ2) is 6.94. The summed E-state index contributed by atoms with van der Waals surface area (Å²) >= 11 is 0. The van der Waals surface area contributed by atoms with Crippen LogP contribution in [0.4, 0.5) is 0 Å². The Morgan fingerprint density at radius 2 is 1.00 bits per heavy atom. The van der Waals surface area contributed by atoms with Gasteiger partial charge < -0.3 is 5.73 Å². The van der Waals surface area contributed by atoms with Gasteiger partial charge in [0.1, 0.15) is 0 Å². The normalized spacial score (nSPS) is 11.3. The summed E-state index contributed by atoms with van der Waals surface area (Å²) in [7, 11) is -0.384. The zero-order valence-corrected chi connectivity index (χ0v) is 15.6. The highest BCUT2D eigenvalue weighted by Crippen LogP contribution is 2.38. The van der Waals surface area contributed by atoms with Crippen LogP contribution in [0.25, 0.3) is 0 Å². The van der Waals surface area contributed by atoms with Crippen molar-refractivity contribution in [2.45, 2.75) is 41.5 Å². The van der Waals surface area contributed by atoms with Gasteiger partial charge in [0.25, 0.3) is 0 Å². The first kappa shape index (κ1) is 17.2. The molecule has 1 nitrogen and oxygen atoms in total. The Hall–Kier alpha value is -1.17. The zero-order chi connectivity index (χ0) is 16.4. The molecule has 22 heavy (non-hydrogen) atoms. The molecule has 0 unspecified atom stereocenters. The maximum Gasteiger partial charge on any atom is -0.00318 e. The van der Waals surface area contributed by atoms with Gasteiger partial charge in [-0.1, -0.05) is 35.4 Å². The van der Waals surface area contributed by atoms with Crippen molar-refractivity contribution >= 4 is 18.5 Å². The van der Waals surface area contributed by atoms with Gasteiger partial charge in [-0.3, -0.25) is 0 Å². The predicted octanol–water partition coefficient (Wildman–Crippen LogP) is 3.93. The second-order valence-corrected chi connectivity index (χ2v) is 8.63. The Balaban J connectivity index is 2.67. The smallest absolute Gasteiger partial charge is 0.00318 e. The van der Waals surface area contributed by atoms with Gasteiger partial charge in [0.05, 0.1) is 0 Å². The Labute approximate surface area is 136 Å². The van der Waals surface area contributed by atoms with Crippen LogP contribution in [0, 0.1) is 41.5 Å². The minimum Gasteiger partial charge on any atom is -0.330 e. The molecule has 0 aliphatic carbocycles. The molecule has 2 rings (SSSR count). The van der Waals surface area contributed by atoms with Crippen molar-refractivity contribution in [1.29, 1.82) is 0 Å². The summed E-state index contributed by atoms with van der Waals surface area (Å²) in [5.41, 5.74) is 14.3. The van der Waals surface area contributed by atoms with E-state index in [9.17, 15) is 0 Å². The number of hydrogen-bond donors (Lipinski definition) is 1. The molecule has 0 aliphatic rings. The van der Waals surface area contributed by atoms with Crippen LogP contribution < -0.4 is 16.3 Å². The van der Waals surface area contributed by atoms with Gasteiger partial charge in [0, 0.05) is 0 Å². The first-order valence-electron chi connectivity index (χ1n) is 7.98. The third-order valence-electron chi connectivity index (χ3n) is 4.16. The third-order valence-corrected chi connectivity index (χ3v) is 7.36. The van der Waals surface area contributed by atoms with Gasteiger partial charge >= 0.3 is 0 Å². The van der Waals surface area contributed by atoms with Gasteiger partial charge in [-0.2, -0.15) is 0 Å². The quantitative estimate of drug-likeness (QED) is 0.851. The van der Waals surface area contributed by atoms with Crippen molar-refractivity contribution in [2.75, 3.05) is 12.7 Å². The SMILES string of the molecule is Cc1cc(C)c(P(CCN)c2c(C)cc(C)cc2C)c(C)c1. The molecule has 2 aromatic carbocycles. The Kier molecular flexibility index (Phi) is 5.42. The molecule has 0 spiro atoms. The van der Waals surface area contributed by atoms with Gasteiger partial charge in [-0.25, -0.2) is 0 Å². The van der Waals surface area contributed by atoms with E-state index < -0.39 is 0 Å².